The first kappa shape index (κ1) is 19.5. The smallest absolute Gasteiger partial charge is 0.244 e. The van der Waals surface area contributed by atoms with E-state index in [0.717, 1.165) is 66.3 Å². The third-order valence-electron chi connectivity index (χ3n) is 4.64. The number of aromatic nitrogens is 1. The zero-order valence-corrected chi connectivity index (χ0v) is 17.1. The molecular formula is C20H24N4O4S. The van der Waals surface area contributed by atoms with Crippen LogP contribution in [0, 0.1) is 0 Å². The predicted octanol–water partition coefficient (Wildman–Crippen LogP) is 2.02. The van der Waals surface area contributed by atoms with Gasteiger partial charge in [-0.25, -0.2) is 4.98 Å². The maximum atomic E-state index is 12.2. The summed E-state index contributed by atoms with van der Waals surface area (Å²) in [6, 6.07) is 5.89. The Morgan fingerprint density at radius 1 is 1.24 bits per heavy atom. The number of morpholine rings is 1. The minimum Gasteiger partial charge on any atom is -0.454 e. The molecule has 2 aromatic rings. The number of thiazole rings is 1. The quantitative estimate of drug-likeness (QED) is 0.668. The molecule has 29 heavy (non-hydrogen) atoms. The number of hydrogen-bond donors (Lipinski definition) is 2. The van der Waals surface area contributed by atoms with E-state index in [4.69, 9.17) is 14.2 Å². The van der Waals surface area contributed by atoms with Crippen LogP contribution < -0.4 is 25.2 Å². The third-order valence-corrected chi connectivity index (χ3v) is 5.59. The highest BCUT2D eigenvalue weighted by atomic mass is 32.1. The molecule has 9 heteroatoms. The van der Waals surface area contributed by atoms with Gasteiger partial charge in [-0.3, -0.25) is 10.2 Å². The average molecular weight is 417 g/mol. The van der Waals surface area contributed by atoms with Gasteiger partial charge in [0, 0.05) is 24.2 Å². The van der Waals surface area contributed by atoms with Crippen molar-refractivity contribution in [3.8, 4) is 11.5 Å². The molecule has 2 aliphatic rings. The Balaban J connectivity index is 1.22. The number of hydrazine groups is 1. The van der Waals surface area contributed by atoms with Gasteiger partial charge in [-0.05, 0) is 31.0 Å². The first-order valence-corrected chi connectivity index (χ1v) is 10.4. The highest BCUT2D eigenvalue weighted by Crippen LogP contribution is 2.32. The van der Waals surface area contributed by atoms with Crippen molar-refractivity contribution in [3.05, 3.63) is 46.6 Å². The summed E-state index contributed by atoms with van der Waals surface area (Å²) in [7, 11) is 0. The van der Waals surface area contributed by atoms with Crippen molar-refractivity contribution >= 4 is 22.4 Å². The number of carbonyl (C=O) groups is 1. The molecule has 0 bridgehead atoms. The number of amides is 1. The van der Waals surface area contributed by atoms with Crippen LogP contribution in [0.3, 0.4) is 0 Å². The monoisotopic (exact) mass is 416 g/mol. The topological polar surface area (TPSA) is 85.0 Å². The van der Waals surface area contributed by atoms with Crippen LogP contribution in [0.15, 0.2) is 35.4 Å². The second kappa shape index (κ2) is 9.15. The molecule has 1 saturated heterocycles. The van der Waals surface area contributed by atoms with Crippen LogP contribution in [0.4, 0.5) is 5.13 Å². The lowest BCUT2D eigenvalue weighted by atomic mass is 10.1. The maximum absolute atomic E-state index is 12.2. The zero-order valence-electron chi connectivity index (χ0n) is 16.3. The third kappa shape index (κ3) is 5.18. The van der Waals surface area contributed by atoms with Gasteiger partial charge >= 0.3 is 0 Å². The molecule has 8 nitrogen and oxygen atoms in total. The highest BCUT2D eigenvalue weighted by molar-refractivity contribution is 7.13. The van der Waals surface area contributed by atoms with Crippen LogP contribution in [-0.4, -0.2) is 44.0 Å². The lowest BCUT2D eigenvalue weighted by molar-refractivity contribution is -0.121. The molecule has 154 valence electrons. The largest absolute Gasteiger partial charge is 0.454 e. The number of nitrogens with zero attached hydrogens (tertiary/aromatic N) is 2. The van der Waals surface area contributed by atoms with Crippen LogP contribution in [-0.2, 0) is 22.4 Å². The first-order valence-electron chi connectivity index (χ1n) is 9.54. The van der Waals surface area contributed by atoms with Crippen molar-refractivity contribution in [2.24, 2.45) is 0 Å². The second-order valence-corrected chi connectivity index (χ2v) is 7.69. The fourth-order valence-corrected chi connectivity index (χ4v) is 3.92. The van der Waals surface area contributed by atoms with Crippen LogP contribution in [0.1, 0.15) is 18.2 Å². The van der Waals surface area contributed by atoms with Crippen molar-refractivity contribution < 1.29 is 19.0 Å². The minimum absolute atomic E-state index is 0.125. The molecule has 0 atom stereocenters. The van der Waals surface area contributed by atoms with Gasteiger partial charge in [0.2, 0.25) is 12.7 Å². The molecule has 3 heterocycles. The highest BCUT2D eigenvalue weighted by Gasteiger charge is 2.16. The standard InChI is InChI=1S/C20H24N4O4S/c1-14(2-3-15-4-5-17-18(10-15)28-13-27-17)22-23-19(25)11-16-12-29-20(21-16)24-6-8-26-9-7-24/h2,4-5,10,12,22H,3,6-9,11,13H2,1H3,(H,23,25)/b14-2-. The number of benzene rings is 1. The van der Waals surface area contributed by atoms with Crippen molar-refractivity contribution in [1.29, 1.82) is 0 Å². The average Bonchev–Trinajstić information content (AvgIpc) is 3.40. The Bertz CT molecular complexity index is 892. The number of anilines is 1. The van der Waals surface area contributed by atoms with Gasteiger partial charge in [0.25, 0.3) is 0 Å². The molecule has 1 amide bonds. The molecule has 0 radical (unpaired) electrons. The first-order chi connectivity index (χ1) is 14.2. The molecule has 1 aromatic heterocycles. The summed E-state index contributed by atoms with van der Waals surface area (Å²) in [5, 5.41) is 2.89. The summed E-state index contributed by atoms with van der Waals surface area (Å²) in [4.78, 5) is 19.0. The van der Waals surface area contributed by atoms with Crippen molar-refractivity contribution in [2.75, 3.05) is 38.0 Å². The fourth-order valence-electron chi connectivity index (χ4n) is 3.04. The Morgan fingerprint density at radius 3 is 2.93 bits per heavy atom. The Labute approximate surface area is 173 Å². The van der Waals surface area contributed by atoms with Crippen LogP contribution in [0.2, 0.25) is 0 Å². The lowest BCUT2D eigenvalue weighted by Crippen LogP contribution is -2.37. The van der Waals surface area contributed by atoms with E-state index in [1.54, 1.807) is 11.3 Å². The predicted molar refractivity (Wildman–Crippen MR) is 110 cm³/mol. The summed E-state index contributed by atoms with van der Waals surface area (Å²) in [5.41, 5.74) is 8.43. The summed E-state index contributed by atoms with van der Waals surface area (Å²) in [5.74, 6) is 1.42. The fraction of sp³-hybridized carbons (Fsp3) is 0.400. The molecule has 1 aromatic carbocycles. The Hall–Kier alpha value is -2.78. The van der Waals surface area contributed by atoms with E-state index in [1.807, 2.05) is 36.6 Å². The maximum Gasteiger partial charge on any atom is 0.244 e. The minimum atomic E-state index is -0.125. The van der Waals surface area contributed by atoms with Crippen LogP contribution in [0.5, 0.6) is 11.5 Å². The van der Waals surface area contributed by atoms with E-state index in [2.05, 4.69) is 20.7 Å². The molecule has 0 unspecified atom stereocenters. The van der Waals surface area contributed by atoms with E-state index >= 15 is 0 Å². The van der Waals surface area contributed by atoms with Gasteiger partial charge < -0.3 is 24.5 Å². The summed E-state index contributed by atoms with van der Waals surface area (Å²) >= 11 is 1.56. The number of ether oxygens (including phenoxy) is 3. The normalized spacial score (nSPS) is 16.0. The van der Waals surface area contributed by atoms with Gasteiger partial charge in [-0.2, -0.15) is 0 Å². The van der Waals surface area contributed by atoms with Gasteiger partial charge in [-0.15, -0.1) is 11.3 Å². The number of nitrogens with one attached hydrogen (secondary N) is 2. The Kier molecular flexibility index (Phi) is 6.16. The summed E-state index contributed by atoms with van der Waals surface area (Å²) < 4.78 is 16.1. The van der Waals surface area contributed by atoms with Gasteiger partial charge in [0.05, 0.1) is 25.3 Å². The number of rotatable bonds is 7. The number of carbonyl (C=O) groups excluding carboxylic acids is 1. The van der Waals surface area contributed by atoms with Crippen molar-refractivity contribution in [1.82, 2.24) is 15.8 Å². The van der Waals surface area contributed by atoms with Gasteiger partial charge in [-0.1, -0.05) is 12.1 Å². The molecule has 2 N–H and O–H groups in total. The summed E-state index contributed by atoms with van der Waals surface area (Å²) in [6.45, 7) is 5.30. The second-order valence-electron chi connectivity index (χ2n) is 6.85. The molecule has 0 aliphatic carbocycles. The summed E-state index contributed by atoms with van der Waals surface area (Å²) in [6.07, 6.45) is 2.97. The molecule has 0 spiro atoms. The Morgan fingerprint density at radius 2 is 2.07 bits per heavy atom. The molecule has 2 aliphatic heterocycles. The van der Waals surface area contributed by atoms with Gasteiger partial charge in [0.15, 0.2) is 16.6 Å². The molecule has 0 saturated carbocycles. The molecular weight excluding hydrogens is 392 g/mol. The van der Waals surface area contributed by atoms with E-state index in [9.17, 15) is 4.79 Å². The number of fused-ring (bicyclic) bond motifs is 1. The van der Waals surface area contributed by atoms with E-state index in [0.29, 0.717) is 0 Å². The van der Waals surface area contributed by atoms with Crippen LogP contribution in [0.25, 0.3) is 0 Å². The number of hydrogen-bond acceptors (Lipinski definition) is 8. The van der Waals surface area contributed by atoms with E-state index in [-0.39, 0.29) is 19.1 Å². The van der Waals surface area contributed by atoms with Gasteiger partial charge in [0.1, 0.15) is 0 Å². The van der Waals surface area contributed by atoms with E-state index < -0.39 is 0 Å². The molecule has 4 rings (SSSR count). The van der Waals surface area contributed by atoms with Crippen LogP contribution >= 0.6 is 11.3 Å². The van der Waals surface area contributed by atoms with Crippen molar-refractivity contribution in [3.63, 3.8) is 0 Å². The SMILES string of the molecule is C/C(=C/Cc1ccc2c(c1)OCO2)NNC(=O)Cc1csc(N2CCOCC2)n1. The van der Waals surface area contributed by atoms with Crippen molar-refractivity contribution in [2.45, 2.75) is 19.8 Å². The zero-order chi connectivity index (χ0) is 20.1. The van der Waals surface area contributed by atoms with E-state index in [1.165, 1.54) is 0 Å². The lowest BCUT2D eigenvalue weighted by Gasteiger charge is -2.26. The molecule has 1 fully saturated rings. The number of allylic oxidation sites excluding steroid dienone is 2.